The van der Waals surface area contributed by atoms with Crippen molar-refractivity contribution in [3.05, 3.63) is 65.2 Å². The maximum Gasteiger partial charge on any atom is 0.255 e. The number of aryl methyl sites for hydroxylation is 1. The summed E-state index contributed by atoms with van der Waals surface area (Å²) in [5, 5.41) is 3.02. The number of nitrogens with two attached hydrogens (primary N) is 1. The number of carbonyl (C=O) groups is 2. The van der Waals surface area contributed by atoms with E-state index < -0.39 is 0 Å². The number of ether oxygens (including phenoxy) is 1. The molecular formula is C22H30N2O3. The van der Waals surface area contributed by atoms with E-state index in [1.807, 2.05) is 57.2 Å². The summed E-state index contributed by atoms with van der Waals surface area (Å²) in [4.78, 5) is 22.3. The van der Waals surface area contributed by atoms with Crippen molar-refractivity contribution in [1.29, 1.82) is 0 Å². The van der Waals surface area contributed by atoms with Gasteiger partial charge >= 0.3 is 0 Å². The Morgan fingerprint density at radius 3 is 2.26 bits per heavy atom. The van der Waals surface area contributed by atoms with E-state index in [9.17, 15) is 9.59 Å². The first-order valence-corrected chi connectivity index (χ1v) is 9.14. The lowest BCUT2D eigenvalue weighted by molar-refractivity contribution is -0.120. The Hall–Kier alpha value is -2.82. The van der Waals surface area contributed by atoms with Gasteiger partial charge in [0.25, 0.3) is 5.91 Å². The third kappa shape index (κ3) is 7.52. The second kappa shape index (κ2) is 11.0. The zero-order valence-electron chi connectivity index (χ0n) is 16.8. The summed E-state index contributed by atoms with van der Waals surface area (Å²) in [6.45, 7) is 10.0. The molecule has 2 aromatic rings. The van der Waals surface area contributed by atoms with Crippen LogP contribution in [0.25, 0.3) is 0 Å². The topological polar surface area (TPSA) is 81.4 Å². The van der Waals surface area contributed by atoms with Gasteiger partial charge in [-0.05, 0) is 38.5 Å². The van der Waals surface area contributed by atoms with Gasteiger partial charge in [-0.25, -0.2) is 0 Å². The molecule has 1 atom stereocenters. The third-order valence-electron chi connectivity index (χ3n) is 3.89. The van der Waals surface area contributed by atoms with Crippen molar-refractivity contribution in [2.75, 3.05) is 6.61 Å². The van der Waals surface area contributed by atoms with E-state index in [0.29, 0.717) is 17.9 Å². The van der Waals surface area contributed by atoms with Crippen LogP contribution in [0.5, 0.6) is 5.75 Å². The molecule has 0 aliphatic heterocycles. The Morgan fingerprint density at radius 2 is 1.70 bits per heavy atom. The zero-order chi connectivity index (χ0) is 20.4. The number of primary amides is 1. The molecule has 146 valence electrons. The standard InChI is InChI=1S/C18H21NO2.C4H9NO/c1-4-21-17-11-6-5-10-16(17)18(20)19-14(3)15-9-7-8-13(2)12-15;1-3(2)4(5)6/h5-12,14H,4H2,1-3H3,(H,19,20);3H,1-2H3,(H2,5,6). The fourth-order valence-corrected chi connectivity index (χ4v) is 2.23. The maximum absolute atomic E-state index is 12.4. The minimum absolute atomic E-state index is 0.00926. The van der Waals surface area contributed by atoms with Crippen LogP contribution in [0, 0.1) is 12.8 Å². The number of carbonyl (C=O) groups excluding carboxylic acids is 2. The van der Waals surface area contributed by atoms with E-state index >= 15 is 0 Å². The molecule has 0 saturated carbocycles. The van der Waals surface area contributed by atoms with E-state index in [0.717, 1.165) is 5.56 Å². The minimum Gasteiger partial charge on any atom is -0.493 e. The van der Waals surface area contributed by atoms with Gasteiger partial charge in [0.05, 0.1) is 18.2 Å². The molecule has 27 heavy (non-hydrogen) atoms. The van der Waals surface area contributed by atoms with Gasteiger partial charge in [0.2, 0.25) is 5.91 Å². The second-order valence-electron chi connectivity index (χ2n) is 6.60. The molecule has 2 aromatic carbocycles. The van der Waals surface area contributed by atoms with Crippen LogP contribution < -0.4 is 15.8 Å². The predicted octanol–water partition coefficient (Wildman–Crippen LogP) is 4.01. The highest BCUT2D eigenvalue weighted by Crippen LogP contribution is 2.20. The number of nitrogens with one attached hydrogen (secondary N) is 1. The molecular weight excluding hydrogens is 340 g/mol. The number of amides is 2. The highest BCUT2D eigenvalue weighted by molar-refractivity contribution is 5.97. The van der Waals surface area contributed by atoms with Gasteiger partial charge in [0.15, 0.2) is 0 Å². The SMILES string of the molecule is CC(C)C(N)=O.CCOc1ccccc1C(=O)NC(C)c1cccc(C)c1. The lowest BCUT2D eigenvalue weighted by atomic mass is 10.1. The predicted molar refractivity (Wildman–Crippen MR) is 109 cm³/mol. The van der Waals surface area contributed by atoms with Crippen molar-refractivity contribution in [3.8, 4) is 5.75 Å². The molecule has 0 radical (unpaired) electrons. The molecule has 0 saturated heterocycles. The van der Waals surface area contributed by atoms with Crippen molar-refractivity contribution < 1.29 is 14.3 Å². The van der Waals surface area contributed by atoms with Gasteiger partial charge in [-0.15, -0.1) is 0 Å². The van der Waals surface area contributed by atoms with Crippen molar-refractivity contribution in [2.45, 2.75) is 40.7 Å². The molecule has 2 rings (SSSR count). The summed E-state index contributed by atoms with van der Waals surface area (Å²) < 4.78 is 5.50. The van der Waals surface area contributed by atoms with E-state index in [2.05, 4.69) is 11.4 Å². The van der Waals surface area contributed by atoms with Crippen molar-refractivity contribution in [3.63, 3.8) is 0 Å². The van der Waals surface area contributed by atoms with Gasteiger partial charge in [-0.2, -0.15) is 0 Å². The Labute approximate surface area is 161 Å². The fourth-order valence-electron chi connectivity index (χ4n) is 2.23. The van der Waals surface area contributed by atoms with Crippen molar-refractivity contribution in [1.82, 2.24) is 5.32 Å². The van der Waals surface area contributed by atoms with Crippen molar-refractivity contribution >= 4 is 11.8 Å². The molecule has 0 aliphatic rings. The number of hydrogen-bond donors (Lipinski definition) is 2. The van der Waals surface area contributed by atoms with Crippen LogP contribution in [0.15, 0.2) is 48.5 Å². The summed E-state index contributed by atoms with van der Waals surface area (Å²) in [6, 6.07) is 15.4. The minimum atomic E-state index is -0.241. The van der Waals surface area contributed by atoms with Crippen LogP contribution in [-0.2, 0) is 4.79 Å². The molecule has 0 fully saturated rings. The van der Waals surface area contributed by atoms with E-state index in [4.69, 9.17) is 10.5 Å². The van der Waals surface area contributed by atoms with Crippen molar-refractivity contribution in [2.24, 2.45) is 11.7 Å². The fraction of sp³-hybridized carbons (Fsp3) is 0.364. The Bertz CT molecular complexity index is 757. The van der Waals surface area contributed by atoms with Gasteiger partial charge in [-0.1, -0.05) is 55.8 Å². The summed E-state index contributed by atoms with van der Waals surface area (Å²) in [5.41, 5.74) is 7.64. The first-order valence-electron chi connectivity index (χ1n) is 9.14. The number of hydrogen-bond acceptors (Lipinski definition) is 3. The van der Waals surface area contributed by atoms with E-state index in [1.54, 1.807) is 19.9 Å². The molecule has 5 nitrogen and oxygen atoms in total. The molecule has 2 amide bonds. The third-order valence-corrected chi connectivity index (χ3v) is 3.89. The molecule has 0 bridgehead atoms. The van der Waals surface area contributed by atoms with Crippen LogP contribution in [-0.4, -0.2) is 18.4 Å². The average Bonchev–Trinajstić information content (AvgIpc) is 2.62. The molecule has 0 spiro atoms. The maximum atomic E-state index is 12.4. The van der Waals surface area contributed by atoms with E-state index in [-0.39, 0.29) is 23.8 Å². The van der Waals surface area contributed by atoms with E-state index in [1.165, 1.54) is 5.56 Å². The Balaban J connectivity index is 0.000000527. The Morgan fingerprint density at radius 1 is 1.07 bits per heavy atom. The summed E-state index contributed by atoms with van der Waals surface area (Å²) in [5.74, 6) is 0.252. The van der Waals surface area contributed by atoms with Crippen LogP contribution in [0.3, 0.4) is 0 Å². The molecule has 5 heteroatoms. The molecule has 0 heterocycles. The first-order chi connectivity index (χ1) is 12.8. The first kappa shape index (κ1) is 22.2. The monoisotopic (exact) mass is 370 g/mol. The largest absolute Gasteiger partial charge is 0.493 e. The van der Waals surface area contributed by atoms with Crippen LogP contribution in [0.1, 0.15) is 55.2 Å². The lowest BCUT2D eigenvalue weighted by Crippen LogP contribution is -2.27. The highest BCUT2D eigenvalue weighted by atomic mass is 16.5. The number of benzene rings is 2. The quantitative estimate of drug-likeness (QED) is 0.806. The Kier molecular flexibility index (Phi) is 9.06. The molecule has 0 aliphatic carbocycles. The second-order valence-corrected chi connectivity index (χ2v) is 6.60. The zero-order valence-corrected chi connectivity index (χ0v) is 16.8. The van der Waals surface area contributed by atoms with Crippen LogP contribution in [0.4, 0.5) is 0 Å². The van der Waals surface area contributed by atoms with Crippen LogP contribution >= 0.6 is 0 Å². The number of rotatable bonds is 6. The van der Waals surface area contributed by atoms with Gasteiger partial charge in [0, 0.05) is 5.92 Å². The highest BCUT2D eigenvalue weighted by Gasteiger charge is 2.15. The molecule has 3 N–H and O–H groups in total. The number of para-hydroxylation sites is 1. The van der Waals surface area contributed by atoms with Gasteiger partial charge < -0.3 is 15.8 Å². The normalized spacial score (nSPS) is 11.2. The van der Waals surface area contributed by atoms with Gasteiger partial charge in [0.1, 0.15) is 5.75 Å². The van der Waals surface area contributed by atoms with Crippen LogP contribution in [0.2, 0.25) is 0 Å². The summed E-state index contributed by atoms with van der Waals surface area (Å²) in [7, 11) is 0. The summed E-state index contributed by atoms with van der Waals surface area (Å²) in [6.07, 6.45) is 0. The average molecular weight is 370 g/mol. The lowest BCUT2D eigenvalue weighted by Gasteiger charge is -2.16. The summed E-state index contributed by atoms with van der Waals surface area (Å²) >= 11 is 0. The molecule has 1 unspecified atom stereocenters. The van der Waals surface area contributed by atoms with Gasteiger partial charge in [-0.3, -0.25) is 9.59 Å². The smallest absolute Gasteiger partial charge is 0.255 e. The molecule has 0 aromatic heterocycles.